The van der Waals surface area contributed by atoms with Crippen molar-refractivity contribution in [2.24, 2.45) is 0 Å². The van der Waals surface area contributed by atoms with Gasteiger partial charge in [-0.1, -0.05) is 390 Å². The molecule has 2 aromatic heterocycles. The number of para-hydroxylation sites is 4. The van der Waals surface area contributed by atoms with Crippen LogP contribution in [0.1, 0.15) is 25.0 Å². The second-order valence-corrected chi connectivity index (χ2v) is 33.8. The average Bonchev–Trinajstić information content (AvgIpc) is 1.58. The molecule has 0 spiro atoms. The van der Waals surface area contributed by atoms with Crippen LogP contribution >= 0.6 is 0 Å². The zero-order valence-corrected chi connectivity index (χ0v) is 70.2. The lowest BCUT2D eigenvalue weighted by atomic mass is 9.81. The Kier molecular flexibility index (Phi) is 18.9. The van der Waals surface area contributed by atoms with Crippen LogP contribution in [0.5, 0.6) is 0 Å². The number of furan rings is 2. The van der Waals surface area contributed by atoms with Crippen LogP contribution in [-0.4, -0.2) is 0 Å². The van der Waals surface area contributed by atoms with Crippen LogP contribution < -0.4 is 9.80 Å². The number of rotatable bonds is 15. The van der Waals surface area contributed by atoms with E-state index in [4.69, 9.17) is 8.83 Å². The van der Waals surface area contributed by atoms with Crippen LogP contribution in [0.25, 0.3) is 187 Å². The molecule has 4 nitrogen and oxygen atoms in total. The van der Waals surface area contributed by atoms with Gasteiger partial charge in [-0.2, -0.15) is 0 Å². The maximum absolute atomic E-state index is 6.51. The Morgan fingerprint density at radius 1 is 0.157 bits per heavy atom. The predicted octanol–water partition coefficient (Wildman–Crippen LogP) is 34.9. The summed E-state index contributed by atoms with van der Waals surface area (Å²) in [6, 6.07) is 171. The summed E-state index contributed by atoms with van der Waals surface area (Å²) in [6.45, 7) is 4.73. The lowest BCUT2D eigenvalue weighted by Gasteiger charge is -2.28. The highest BCUT2D eigenvalue weighted by Crippen LogP contribution is 2.54. The summed E-state index contributed by atoms with van der Waals surface area (Å²) >= 11 is 0. The molecule has 0 amide bonds. The number of hydrogen-bond acceptors (Lipinski definition) is 4. The van der Waals surface area contributed by atoms with E-state index < -0.39 is 0 Å². The molecule has 1 aliphatic rings. The maximum atomic E-state index is 6.51. The van der Waals surface area contributed by atoms with Crippen molar-refractivity contribution < 1.29 is 8.83 Å². The summed E-state index contributed by atoms with van der Waals surface area (Å²) in [5, 5.41) is 11.9. The molecule has 0 unspecified atom stereocenters. The molecule has 21 aromatic carbocycles. The van der Waals surface area contributed by atoms with Crippen molar-refractivity contribution >= 4 is 110 Å². The molecule has 598 valence electrons. The first-order valence-corrected chi connectivity index (χ1v) is 43.7. The molecule has 24 rings (SSSR count). The topological polar surface area (TPSA) is 32.8 Å². The van der Waals surface area contributed by atoms with Crippen molar-refractivity contribution in [1.29, 1.82) is 0 Å². The van der Waals surface area contributed by atoms with Gasteiger partial charge >= 0.3 is 0 Å². The van der Waals surface area contributed by atoms with E-state index in [2.05, 4.69) is 485 Å². The van der Waals surface area contributed by atoms with Crippen LogP contribution in [0.3, 0.4) is 0 Å². The van der Waals surface area contributed by atoms with Crippen molar-refractivity contribution in [2.75, 3.05) is 9.80 Å². The first-order chi connectivity index (χ1) is 62.7. The molecule has 0 saturated carbocycles. The molecule has 23 aromatic rings. The van der Waals surface area contributed by atoms with Gasteiger partial charge in [0, 0.05) is 72.2 Å². The van der Waals surface area contributed by atoms with Crippen LogP contribution in [-0.2, 0) is 5.41 Å². The monoisotopic (exact) mass is 1620 g/mol. The SMILES string of the molecule is CC1(C)c2cc(-c3cccc4c3oc3ccccc34)ccc2-c2ccc(N(c3ccc(-c4ccccc4)cc3)c3ccc(-c4ccc(-c5ccccc5)cc4)cc3)cc21.c1ccc(-c2ccc(-c3ccc(N(c4ccc(-c5ccc(-c6ccccc6)cc5)cc4)c4ccc5c6ccc(-c7cccc8c7oc7ccccc78)cc6c6ccccc6c5c4)cc3)cc2)cc1. The summed E-state index contributed by atoms with van der Waals surface area (Å²) in [6.07, 6.45) is 0. The highest BCUT2D eigenvalue weighted by Gasteiger charge is 2.37. The molecule has 0 radical (unpaired) electrons. The van der Waals surface area contributed by atoms with E-state index in [1.807, 2.05) is 12.1 Å². The van der Waals surface area contributed by atoms with Crippen molar-refractivity contribution in [3.8, 4) is 111 Å². The molecule has 0 saturated heterocycles. The van der Waals surface area contributed by atoms with E-state index in [1.54, 1.807) is 0 Å². The molecule has 0 atom stereocenters. The Bertz CT molecular complexity index is 7920. The Balaban J connectivity index is 0.000000147. The molecular weight excluding hydrogens is 1540 g/mol. The van der Waals surface area contributed by atoms with E-state index in [1.165, 1.54) is 138 Å². The normalized spacial score (nSPS) is 12.1. The average molecular weight is 1620 g/mol. The fraction of sp³-hybridized carbons (Fsp3) is 0.0244. The van der Waals surface area contributed by atoms with Crippen LogP contribution in [0, 0.1) is 0 Å². The van der Waals surface area contributed by atoms with E-state index in [9.17, 15) is 0 Å². The third-order valence-electron chi connectivity index (χ3n) is 26.0. The Morgan fingerprint density at radius 2 is 0.402 bits per heavy atom. The standard InChI is InChI=1S/C66H43NO.C57H41NO/c1-3-12-44(13-4-1)46-22-26-48(27-23-46)50-30-35-53(36-31-50)67(54-37-32-51(33-38-54)49-28-24-47(25-29-49)45-14-5-2-6-15-45)55-39-41-60-59-40-34-52(42-63(59)57-16-7-8-17-58(57)64(60)43-55)56-19-11-20-62-61-18-9-10-21-65(61)68-66(56)62;1-57(2)53-36-44(48-17-11-18-52-51-16-9-10-19-55(51)59-56(48)52)28-34-49(53)50-35-33-47(37-54(50)57)58(45-29-24-42(25-30-45)39-14-7-4-8-15-39)46-31-26-43(27-32-46)41-22-20-40(21-23-41)38-12-5-3-6-13-38/h1-43H;3-37H,1-2H3. The lowest BCUT2D eigenvalue weighted by Crippen LogP contribution is -2.16. The van der Waals surface area contributed by atoms with Gasteiger partial charge in [-0.25, -0.2) is 0 Å². The minimum absolute atomic E-state index is 0.225. The van der Waals surface area contributed by atoms with Gasteiger partial charge < -0.3 is 18.6 Å². The molecule has 1 aliphatic carbocycles. The molecule has 127 heavy (non-hydrogen) atoms. The van der Waals surface area contributed by atoms with Crippen molar-refractivity contribution in [3.63, 3.8) is 0 Å². The number of fused-ring (bicyclic) bond motifs is 15. The van der Waals surface area contributed by atoms with Crippen molar-refractivity contribution in [2.45, 2.75) is 19.3 Å². The molecule has 0 fully saturated rings. The fourth-order valence-corrected chi connectivity index (χ4v) is 19.4. The molecule has 0 N–H and O–H groups in total. The zero-order chi connectivity index (χ0) is 84.5. The molecule has 0 aliphatic heterocycles. The largest absolute Gasteiger partial charge is 0.455 e. The number of benzene rings is 21. The highest BCUT2D eigenvalue weighted by atomic mass is 16.3. The lowest BCUT2D eigenvalue weighted by molar-refractivity contribution is 0.660. The highest BCUT2D eigenvalue weighted by molar-refractivity contribution is 6.27. The van der Waals surface area contributed by atoms with Crippen molar-refractivity contribution in [1.82, 2.24) is 0 Å². The van der Waals surface area contributed by atoms with Crippen LogP contribution in [0.4, 0.5) is 34.1 Å². The first kappa shape index (κ1) is 75.6. The van der Waals surface area contributed by atoms with E-state index in [-0.39, 0.29) is 5.41 Å². The fourth-order valence-electron chi connectivity index (χ4n) is 19.4. The molecule has 4 heteroatoms. The van der Waals surface area contributed by atoms with Gasteiger partial charge in [0.1, 0.15) is 22.3 Å². The second kappa shape index (κ2) is 31.8. The predicted molar refractivity (Wildman–Crippen MR) is 536 cm³/mol. The van der Waals surface area contributed by atoms with Gasteiger partial charge in [-0.3, -0.25) is 0 Å². The van der Waals surface area contributed by atoms with Crippen LogP contribution in [0.15, 0.2) is 482 Å². The third kappa shape index (κ3) is 13.9. The van der Waals surface area contributed by atoms with Gasteiger partial charge in [0.05, 0.1) is 0 Å². The smallest absolute Gasteiger partial charge is 0.143 e. The van der Waals surface area contributed by atoms with Gasteiger partial charge in [0.15, 0.2) is 0 Å². The van der Waals surface area contributed by atoms with E-state index >= 15 is 0 Å². The van der Waals surface area contributed by atoms with Crippen LogP contribution in [0.2, 0.25) is 0 Å². The Labute approximate surface area is 738 Å². The van der Waals surface area contributed by atoms with Crippen molar-refractivity contribution in [3.05, 3.63) is 484 Å². The second-order valence-electron chi connectivity index (χ2n) is 33.8. The third-order valence-corrected chi connectivity index (χ3v) is 26.0. The summed E-state index contributed by atoms with van der Waals surface area (Å²) < 4.78 is 13.0. The number of nitrogens with zero attached hydrogens (tertiary/aromatic N) is 2. The zero-order valence-electron chi connectivity index (χ0n) is 70.2. The van der Waals surface area contributed by atoms with Gasteiger partial charge in [0.2, 0.25) is 0 Å². The minimum Gasteiger partial charge on any atom is -0.455 e. The summed E-state index contributed by atoms with van der Waals surface area (Å²) in [5.74, 6) is 0. The number of hydrogen-bond donors (Lipinski definition) is 0. The summed E-state index contributed by atoms with van der Waals surface area (Å²) in [5.41, 5.74) is 36.7. The van der Waals surface area contributed by atoms with E-state index in [0.717, 1.165) is 94.7 Å². The molecule has 0 bridgehead atoms. The summed E-state index contributed by atoms with van der Waals surface area (Å²) in [4.78, 5) is 4.78. The Morgan fingerprint density at radius 3 is 0.780 bits per heavy atom. The Hall–Kier alpha value is -16.4. The quantitative estimate of drug-likeness (QED) is 0.0958. The molecular formula is C123H84N2O2. The van der Waals surface area contributed by atoms with Gasteiger partial charge in [0.25, 0.3) is 0 Å². The van der Waals surface area contributed by atoms with Gasteiger partial charge in [-0.15, -0.1) is 0 Å². The van der Waals surface area contributed by atoms with E-state index in [0.29, 0.717) is 0 Å². The first-order valence-electron chi connectivity index (χ1n) is 43.7. The van der Waals surface area contributed by atoms with Gasteiger partial charge in [-0.05, 0) is 241 Å². The maximum Gasteiger partial charge on any atom is 0.143 e. The number of anilines is 6. The summed E-state index contributed by atoms with van der Waals surface area (Å²) in [7, 11) is 0. The molecule has 2 heterocycles. The minimum atomic E-state index is -0.225.